The summed E-state index contributed by atoms with van der Waals surface area (Å²) in [6.07, 6.45) is 2.13. The Morgan fingerprint density at radius 1 is 1.18 bits per heavy atom. The van der Waals surface area contributed by atoms with E-state index < -0.39 is 12.0 Å². The zero-order valence-electron chi connectivity index (χ0n) is 13.0. The number of carboxylic acid groups (broad SMARTS) is 1. The number of rotatable bonds is 4. The second-order valence-electron chi connectivity index (χ2n) is 5.82. The summed E-state index contributed by atoms with van der Waals surface area (Å²) < 4.78 is 1.84. The minimum Gasteiger partial charge on any atom is -0.480 e. The summed E-state index contributed by atoms with van der Waals surface area (Å²) >= 11 is 0. The molecule has 1 atom stereocenters. The molecule has 0 spiro atoms. The molecule has 1 fully saturated rings. The van der Waals surface area contributed by atoms with Gasteiger partial charge in [0, 0.05) is 11.3 Å². The van der Waals surface area contributed by atoms with Crippen LogP contribution >= 0.6 is 0 Å². The van der Waals surface area contributed by atoms with Gasteiger partial charge in [-0.1, -0.05) is 18.2 Å². The highest BCUT2D eigenvalue weighted by molar-refractivity contribution is 5.76. The first-order valence-corrected chi connectivity index (χ1v) is 7.68. The van der Waals surface area contributed by atoms with Crippen molar-refractivity contribution in [1.29, 1.82) is 0 Å². The van der Waals surface area contributed by atoms with Gasteiger partial charge in [-0.25, -0.2) is 4.68 Å². The molecule has 1 saturated heterocycles. The molecule has 0 saturated carbocycles. The van der Waals surface area contributed by atoms with Gasteiger partial charge in [0.1, 0.15) is 6.04 Å². The number of carboxylic acids is 1. The molecule has 1 aromatic heterocycles. The summed E-state index contributed by atoms with van der Waals surface area (Å²) in [5.74, 6) is -0.791. The van der Waals surface area contributed by atoms with Crippen molar-refractivity contribution in [1.82, 2.24) is 14.7 Å². The molecule has 1 N–H and O–H groups in total. The monoisotopic (exact) mass is 299 g/mol. The van der Waals surface area contributed by atoms with E-state index in [1.165, 1.54) is 0 Å². The minimum absolute atomic E-state index is 0.597. The minimum atomic E-state index is -0.791. The Hall–Kier alpha value is -2.14. The average Bonchev–Trinajstić information content (AvgIpc) is 3.12. The van der Waals surface area contributed by atoms with Gasteiger partial charge >= 0.3 is 5.97 Å². The SMILES string of the molecule is Cc1nn(-c2ccccc2)c(C)c1C(C(=O)O)N1CCCC1. The molecule has 22 heavy (non-hydrogen) atoms. The Bertz CT molecular complexity index is 673. The molecule has 1 aromatic carbocycles. The third-order valence-electron chi connectivity index (χ3n) is 4.36. The number of aryl methyl sites for hydroxylation is 1. The van der Waals surface area contributed by atoms with Crippen LogP contribution in [0.25, 0.3) is 5.69 Å². The first-order chi connectivity index (χ1) is 10.6. The third kappa shape index (κ3) is 2.52. The molecule has 0 bridgehead atoms. The fraction of sp³-hybridized carbons (Fsp3) is 0.412. The number of para-hydroxylation sites is 1. The van der Waals surface area contributed by atoms with Crippen molar-refractivity contribution in [3.8, 4) is 5.69 Å². The van der Waals surface area contributed by atoms with E-state index in [2.05, 4.69) is 10.00 Å². The summed E-state index contributed by atoms with van der Waals surface area (Å²) in [4.78, 5) is 13.9. The van der Waals surface area contributed by atoms with Crippen molar-refractivity contribution >= 4 is 5.97 Å². The molecule has 2 aromatic rings. The maximum absolute atomic E-state index is 11.9. The van der Waals surface area contributed by atoms with Crippen LogP contribution in [0.15, 0.2) is 30.3 Å². The van der Waals surface area contributed by atoms with Gasteiger partial charge in [0.25, 0.3) is 0 Å². The summed E-state index contributed by atoms with van der Waals surface area (Å²) in [5.41, 5.74) is 3.49. The molecule has 2 heterocycles. The molecule has 1 unspecified atom stereocenters. The number of hydrogen-bond acceptors (Lipinski definition) is 3. The van der Waals surface area contributed by atoms with E-state index in [0.717, 1.165) is 48.6 Å². The largest absolute Gasteiger partial charge is 0.480 e. The molecule has 116 valence electrons. The van der Waals surface area contributed by atoms with Gasteiger partial charge in [0.2, 0.25) is 0 Å². The van der Waals surface area contributed by atoms with Crippen molar-refractivity contribution in [2.45, 2.75) is 32.7 Å². The van der Waals surface area contributed by atoms with E-state index in [9.17, 15) is 9.90 Å². The van der Waals surface area contributed by atoms with E-state index in [4.69, 9.17) is 0 Å². The van der Waals surface area contributed by atoms with Crippen LogP contribution in [0.3, 0.4) is 0 Å². The van der Waals surface area contributed by atoms with Crippen LogP contribution in [0.5, 0.6) is 0 Å². The molecule has 1 aliphatic rings. The number of aromatic nitrogens is 2. The maximum atomic E-state index is 11.9. The lowest BCUT2D eigenvalue weighted by Gasteiger charge is -2.24. The van der Waals surface area contributed by atoms with Crippen molar-refractivity contribution in [2.75, 3.05) is 13.1 Å². The topological polar surface area (TPSA) is 58.4 Å². The Balaban J connectivity index is 2.06. The van der Waals surface area contributed by atoms with Gasteiger partial charge in [-0.15, -0.1) is 0 Å². The Labute approximate surface area is 130 Å². The van der Waals surface area contributed by atoms with Gasteiger partial charge in [0.15, 0.2) is 0 Å². The van der Waals surface area contributed by atoms with Crippen LogP contribution in [0.4, 0.5) is 0 Å². The van der Waals surface area contributed by atoms with Crippen LogP contribution in [0, 0.1) is 13.8 Å². The second kappa shape index (κ2) is 5.93. The predicted octanol–water partition coefficient (Wildman–Crippen LogP) is 2.71. The fourth-order valence-electron chi connectivity index (χ4n) is 3.33. The van der Waals surface area contributed by atoms with Crippen LogP contribution in [0.2, 0.25) is 0 Å². The summed E-state index contributed by atoms with van der Waals surface area (Å²) in [6, 6.07) is 9.24. The highest BCUT2D eigenvalue weighted by Crippen LogP contribution is 2.31. The summed E-state index contributed by atoms with van der Waals surface area (Å²) in [6.45, 7) is 5.53. The standard InChI is InChI=1S/C17H21N3O2/c1-12-15(16(17(21)22)19-10-6-7-11-19)13(2)20(18-12)14-8-4-3-5-9-14/h3-5,8-9,16H,6-7,10-11H2,1-2H3,(H,21,22). The Morgan fingerprint density at radius 3 is 2.41 bits per heavy atom. The first-order valence-electron chi connectivity index (χ1n) is 7.68. The van der Waals surface area contributed by atoms with Gasteiger partial charge in [-0.2, -0.15) is 5.10 Å². The van der Waals surface area contributed by atoms with Gasteiger partial charge in [-0.05, 0) is 51.9 Å². The first kappa shape index (κ1) is 14.8. The molecule has 0 radical (unpaired) electrons. The van der Waals surface area contributed by atoms with Crippen molar-refractivity contribution < 1.29 is 9.90 Å². The lowest BCUT2D eigenvalue weighted by molar-refractivity contribution is -0.143. The van der Waals surface area contributed by atoms with Crippen molar-refractivity contribution in [3.63, 3.8) is 0 Å². The van der Waals surface area contributed by atoms with E-state index in [1.807, 2.05) is 48.9 Å². The molecule has 1 aliphatic heterocycles. The van der Waals surface area contributed by atoms with Gasteiger partial charge in [-0.3, -0.25) is 9.69 Å². The highest BCUT2D eigenvalue weighted by atomic mass is 16.4. The number of likely N-dealkylation sites (tertiary alicyclic amines) is 1. The summed E-state index contributed by atoms with van der Waals surface area (Å²) in [7, 11) is 0. The zero-order chi connectivity index (χ0) is 15.7. The predicted molar refractivity (Wildman–Crippen MR) is 84.2 cm³/mol. The van der Waals surface area contributed by atoms with E-state index >= 15 is 0 Å². The molecular weight excluding hydrogens is 278 g/mol. The number of hydrogen-bond donors (Lipinski definition) is 1. The zero-order valence-corrected chi connectivity index (χ0v) is 13.0. The lowest BCUT2D eigenvalue weighted by atomic mass is 10.0. The number of aliphatic carboxylic acids is 1. The van der Waals surface area contributed by atoms with Crippen LogP contribution < -0.4 is 0 Å². The van der Waals surface area contributed by atoms with Crippen LogP contribution in [-0.2, 0) is 4.79 Å². The molecule has 0 aliphatic carbocycles. The fourth-order valence-corrected chi connectivity index (χ4v) is 3.33. The Morgan fingerprint density at radius 2 is 1.82 bits per heavy atom. The van der Waals surface area contributed by atoms with Crippen molar-refractivity contribution in [2.24, 2.45) is 0 Å². The van der Waals surface area contributed by atoms with Crippen LogP contribution in [-0.4, -0.2) is 38.8 Å². The molecule has 0 amide bonds. The van der Waals surface area contributed by atoms with Gasteiger partial charge < -0.3 is 5.11 Å². The molecular formula is C17H21N3O2. The lowest BCUT2D eigenvalue weighted by Crippen LogP contribution is -2.32. The second-order valence-corrected chi connectivity index (χ2v) is 5.82. The van der Waals surface area contributed by atoms with E-state index in [1.54, 1.807) is 0 Å². The van der Waals surface area contributed by atoms with Gasteiger partial charge in [0.05, 0.1) is 11.4 Å². The molecule has 3 rings (SSSR count). The normalized spacial score (nSPS) is 16.8. The smallest absolute Gasteiger partial charge is 0.325 e. The number of carbonyl (C=O) groups is 1. The summed E-state index contributed by atoms with van der Waals surface area (Å²) in [5, 5.41) is 14.3. The highest BCUT2D eigenvalue weighted by Gasteiger charge is 2.34. The van der Waals surface area contributed by atoms with Crippen LogP contribution in [0.1, 0.15) is 35.8 Å². The number of nitrogens with zero attached hydrogens (tertiary/aromatic N) is 3. The van der Waals surface area contributed by atoms with Crippen molar-refractivity contribution in [3.05, 3.63) is 47.3 Å². The number of benzene rings is 1. The molecule has 5 heteroatoms. The quantitative estimate of drug-likeness (QED) is 0.943. The Kier molecular flexibility index (Phi) is 3.98. The third-order valence-corrected chi connectivity index (χ3v) is 4.36. The van der Waals surface area contributed by atoms with E-state index in [-0.39, 0.29) is 0 Å². The average molecular weight is 299 g/mol. The maximum Gasteiger partial charge on any atom is 0.325 e. The molecule has 5 nitrogen and oxygen atoms in total. The van der Waals surface area contributed by atoms with E-state index in [0.29, 0.717) is 0 Å².